The van der Waals surface area contributed by atoms with E-state index in [0.29, 0.717) is 0 Å². The first kappa shape index (κ1) is 43.0. The van der Waals surface area contributed by atoms with Gasteiger partial charge in [0.15, 0.2) is 24.9 Å². The molecule has 18 atom stereocenters. The van der Waals surface area contributed by atoms with E-state index in [1.165, 1.54) is 0 Å². The molecule has 300 valence electrons. The molecule has 0 amide bonds. The molecule has 4 aliphatic rings. The highest BCUT2D eigenvalue weighted by atomic mass is 19.3. The molecule has 3 aliphatic heterocycles. The number of aliphatic hydroxyl groups excluding tert-OH is 6. The minimum absolute atomic E-state index is 0.510. The Morgan fingerprint density at radius 1 is 0.582 bits per heavy atom. The molecule has 55 heavy (non-hydrogen) atoms. The first-order valence-corrected chi connectivity index (χ1v) is 15.8. The van der Waals surface area contributed by atoms with Gasteiger partial charge in [0.1, 0.15) is 42.7 Å². The molecule has 6 N–H and O–H groups in total. The summed E-state index contributed by atoms with van der Waals surface area (Å²) < 4.78 is 64.7. The smallest absolute Gasteiger partial charge is 0.289 e. The summed E-state index contributed by atoms with van der Waals surface area (Å²) in [7, 11) is 0. The first-order valence-electron chi connectivity index (χ1n) is 15.8. The van der Waals surface area contributed by atoms with Gasteiger partial charge in [-0.2, -0.15) is 0 Å². The number of azide groups is 6. The van der Waals surface area contributed by atoms with Crippen molar-refractivity contribution in [3.8, 4) is 0 Å². The van der Waals surface area contributed by atoms with Gasteiger partial charge in [0.2, 0.25) is 0 Å². The van der Waals surface area contributed by atoms with Crippen molar-refractivity contribution in [2.45, 2.75) is 123 Å². The molecule has 0 aromatic heterocycles. The summed E-state index contributed by atoms with van der Waals surface area (Å²) in [5.74, 6) is -4.31. The van der Waals surface area contributed by atoms with Crippen LogP contribution in [0.2, 0.25) is 0 Å². The second kappa shape index (κ2) is 19.2. The second-order valence-electron chi connectivity index (χ2n) is 12.1. The third kappa shape index (κ3) is 9.21. The van der Waals surface area contributed by atoms with Crippen molar-refractivity contribution >= 4 is 0 Å². The van der Waals surface area contributed by atoms with Crippen LogP contribution in [0, 0.1) is 0 Å². The molecule has 4 rings (SSSR count). The number of alkyl halides is 2. The van der Waals surface area contributed by atoms with Crippen LogP contribution in [0.3, 0.4) is 0 Å². The van der Waals surface area contributed by atoms with Crippen LogP contribution >= 0.6 is 0 Å². The van der Waals surface area contributed by atoms with Crippen molar-refractivity contribution in [3.05, 3.63) is 62.7 Å². The summed E-state index contributed by atoms with van der Waals surface area (Å²) >= 11 is 0. The lowest BCUT2D eigenvalue weighted by Gasteiger charge is -2.47. The summed E-state index contributed by atoms with van der Waals surface area (Å²) in [6.07, 6.45) is -27.5. The molecule has 1 aliphatic carbocycles. The fraction of sp³-hybridized carbons (Fsp3) is 1.00. The van der Waals surface area contributed by atoms with Crippen LogP contribution in [0.4, 0.5) is 8.78 Å². The van der Waals surface area contributed by atoms with Crippen molar-refractivity contribution in [2.75, 3.05) is 19.7 Å². The normalized spacial score (nSPS) is 42.1. The van der Waals surface area contributed by atoms with Crippen molar-refractivity contribution in [2.24, 2.45) is 30.7 Å². The highest BCUT2D eigenvalue weighted by Crippen LogP contribution is 2.41. The number of hydrogen-bond donors (Lipinski definition) is 6. The molecule has 0 spiro atoms. The molecule has 0 aromatic carbocycles. The number of ether oxygens (including phenoxy) is 6. The van der Waals surface area contributed by atoms with Gasteiger partial charge >= 0.3 is 0 Å². The quantitative estimate of drug-likeness (QED) is 0.0750. The predicted molar refractivity (Wildman–Crippen MR) is 167 cm³/mol. The number of aliphatic hydroxyl groups is 6. The first-order chi connectivity index (χ1) is 26.3. The molecule has 3 saturated heterocycles. The molecule has 0 radical (unpaired) electrons. The van der Waals surface area contributed by atoms with E-state index in [2.05, 4.69) is 60.2 Å². The van der Waals surface area contributed by atoms with Gasteiger partial charge in [-0.15, -0.1) is 0 Å². The topological polar surface area (TPSA) is 469 Å². The Kier molecular flexibility index (Phi) is 15.0. The molecule has 1 saturated carbocycles. The van der Waals surface area contributed by atoms with Gasteiger partial charge in [-0.3, -0.25) is 0 Å². The molecule has 4 fully saturated rings. The third-order valence-electron chi connectivity index (χ3n) is 9.05. The summed E-state index contributed by atoms with van der Waals surface area (Å²) in [6, 6.07) is -7.39. The van der Waals surface area contributed by atoms with Gasteiger partial charge in [-0.05, 0) is 39.6 Å². The van der Waals surface area contributed by atoms with Crippen molar-refractivity contribution < 1.29 is 67.8 Å². The van der Waals surface area contributed by atoms with E-state index < -0.39 is 142 Å². The number of rotatable bonds is 15. The maximum absolute atomic E-state index is 15.4. The fourth-order valence-corrected chi connectivity index (χ4v) is 6.40. The highest BCUT2D eigenvalue weighted by Gasteiger charge is 2.60. The van der Waals surface area contributed by atoms with Crippen molar-refractivity contribution in [3.63, 3.8) is 0 Å². The van der Waals surface area contributed by atoms with Crippen molar-refractivity contribution in [1.82, 2.24) is 0 Å². The Balaban J connectivity index is 1.69. The maximum atomic E-state index is 15.4. The molecular weight excluding hydrogens is 758 g/mol. The van der Waals surface area contributed by atoms with E-state index in [0.717, 1.165) is 0 Å². The Morgan fingerprint density at radius 3 is 1.73 bits per heavy atom. The second-order valence-corrected chi connectivity index (χ2v) is 12.1. The average molecular weight is 791 g/mol. The van der Waals surface area contributed by atoms with Crippen LogP contribution in [0.5, 0.6) is 0 Å². The summed E-state index contributed by atoms with van der Waals surface area (Å²) in [5, 5.41) is 83.9. The molecule has 30 nitrogen and oxygen atoms in total. The number of nitrogens with zero attached hydrogens (tertiary/aromatic N) is 18. The molecule has 18 unspecified atom stereocenters. The molecule has 0 aromatic rings. The minimum atomic E-state index is -4.31. The van der Waals surface area contributed by atoms with Crippen LogP contribution < -0.4 is 0 Å². The largest absolute Gasteiger partial charge is 0.394 e. The van der Waals surface area contributed by atoms with E-state index >= 15 is 8.78 Å². The SMILES string of the molecule is [N-]=[N+]=NCC1OC(OC2C(CO)OC(OC3C(O)C(N=[N+]=[N-])CC(N=[N+]=[N-])C3OC3OC(CN=[N+]=[N-])C(O)C(F)(F)C3N=[N+]=[N-])C2O)C(N=[N+]=[N-])C(O)C1O. The lowest BCUT2D eigenvalue weighted by atomic mass is 9.84. The van der Waals surface area contributed by atoms with Gasteiger partial charge in [-0.25, -0.2) is 8.78 Å². The third-order valence-corrected chi connectivity index (χ3v) is 9.05. The van der Waals surface area contributed by atoms with Crippen LogP contribution in [0.15, 0.2) is 30.7 Å². The maximum Gasteiger partial charge on any atom is 0.289 e. The van der Waals surface area contributed by atoms with Gasteiger partial charge in [0, 0.05) is 29.5 Å². The van der Waals surface area contributed by atoms with Crippen LogP contribution in [-0.4, -0.2) is 166 Å². The summed E-state index contributed by atoms with van der Waals surface area (Å²) in [6.45, 7) is -2.35. The highest BCUT2D eigenvalue weighted by molar-refractivity contribution is 5.06. The Labute approximate surface area is 303 Å². The number of hydrogen-bond acceptors (Lipinski definition) is 18. The van der Waals surface area contributed by atoms with Gasteiger partial charge in [0.05, 0.1) is 62.3 Å². The lowest BCUT2D eigenvalue weighted by molar-refractivity contribution is -0.330. The molecule has 0 bridgehead atoms. The Bertz CT molecular complexity index is 1650. The molecular formula is C23H32F2N18O12. The Morgan fingerprint density at radius 2 is 1.13 bits per heavy atom. The summed E-state index contributed by atoms with van der Waals surface area (Å²) in [4.78, 5) is 15.2. The van der Waals surface area contributed by atoms with Gasteiger partial charge in [-0.1, -0.05) is 30.7 Å². The zero-order valence-electron chi connectivity index (χ0n) is 27.7. The molecule has 32 heteroatoms. The van der Waals surface area contributed by atoms with Crippen LogP contribution in [-0.2, 0) is 28.4 Å². The van der Waals surface area contributed by atoms with Gasteiger partial charge in [0.25, 0.3) is 5.92 Å². The minimum Gasteiger partial charge on any atom is -0.394 e. The van der Waals surface area contributed by atoms with Crippen LogP contribution in [0.1, 0.15) is 6.42 Å². The predicted octanol–water partition coefficient (Wildman–Crippen LogP) is 0.489. The lowest BCUT2D eigenvalue weighted by Crippen LogP contribution is -2.65. The number of halogens is 2. The van der Waals surface area contributed by atoms with E-state index in [-0.39, 0.29) is 0 Å². The van der Waals surface area contributed by atoms with E-state index in [1.54, 1.807) is 0 Å². The van der Waals surface area contributed by atoms with Crippen LogP contribution in [0.25, 0.3) is 62.7 Å². The van der Waals surface area contributed by atoms with E-state index in [4.69, 9.17) is 56.1 Å². The standard InChI is InChI=1S/C23H32F2N18O12/c24-23(25)18(37-43-31)22(51-8(19(23)49)3-33-39-27)53-15-6(35-41-29)1-5(34-40-28)11(45)17(15)55-21-14(48)16(9(4-44)52-21)54-20-10(36-42-30)13(47)12(46)7(50-20)2-32-38-26/h5-22,44-49H,1-4H2. The zero-order chi connectivity index (χ0) is 40.4. The average Bonchev–Trinajstić information content (AvgIpc) is 3.46. The van der Waals surface area contributed by atoms with E-state index in [1.807, 2.05) is 0 Å². The Hall–Kier alpha value is -4.76. The van der Waals surface area contributed by atoms with Gasteiger partial charge < -0.3 is 59.1 Å². The monoisotopic (exact) mass is 790 g/mol. The van der Waals surface area contributed by atoms with Crippen molar-refractivity contribution in [1.29, 1.82) is 0 Å². The van der Waals surface area contributed by atoms with E-state index in [9.17, 15) is 36.2 Å². The summed E-state index contributed by atoms with van der Waals surface area (Å²) in [5.41, 5.74) is 54.0. The zero-order valence-corrected chi connectivity index (χ0v) is 27.7. The molecule has 3 heterocycles. The fourth-order valence-electron chi connectivity index (χ4n) is 6.40.